The largest absolute Gasteiger partial charge is 0.339 e. The van der Waals surface area contributed by atoms with Crippen LogP contribution in [0.2, 0.25) is 0 Å². The van der Waals surface area contributed by atoms with E-state index in [1.807, 2.05) is 32.8 Å². The Morgan fingerprint density at radius 1 is 0.960 bits per heavy atom. The van der Waals surface area contributed by atoms with Gasteiger partial charge in [-0.05, 0) is 27.1 Å². The standard InChI is InChI=1S/C16H33N5O3S/c1-5-15(18(4)6-2)16(22)19-9-13-21(14-10-19)25(23,24)20-11-7-17(3)8-12-20/h15H,5-14H2,1-4H3. The fourth-order valence-electron chi connectivity index (χ4n) is 3.43. The van der Waals surface area contributed by atoms with Crippen LogP contribution in [0.15, 0.2) is 0 Å². The van der Waals surface area contributed by atoms with Crippen LogP contribution in [0.1, 0.15) is 20.3 Å². The van der Waals surface area contributed by atoms with E-state index >= 15 is 0 Å². The molecule has 2 saturated heterocycles. The van der Waals surface area contributed by atoms with E-state index in [9.17, 15) is 13.2 Å². The van der Waals surface area contributed by atoms with Crippen LogP contribution < -0.4 is 0 Å². The molecule has 2 rings (SSSR count). The lowest BCUT2D eigenvalue weighted by Crippen LogP contribution is -2.58. The number of carbonyl (C=O) groups excluding carboxylic acids is 1. The number of carbonyl (C=O) groups is 1. The Morgan fingerprint density at radius 2 is 1.44 bits per heavy atom. The lowest BCUT2D eigenvalue weighted by atomic mass is 10.1. The van der Waals surface area contributed by atoms with Crippen molar-refractivity contribution in [1.82, 2.24) is 23.3 Å². The van der Waals surface area contributed by atoms with Crippen LogP contribution >= 0.6 is 0 Å². The lowest BCUT2D eigenvalue weighted by molar-refractivity contribution is -0.137. The Labute approximate surface area is 152 Å². The zero-order valence-electron chi connectivity index (χ0n) is 16.0. The van der Waals surface area contributed by atoms with Gasteiger partial charge in [0.2, 0.25) is 5.91 Å². The summed E-state index contributed by atoms with van der Waals surface area (Å²) in [4.78, 5) is 18.7. The molecule has 8 nitrogen and oxygen atoms in total. The third-order valence-electron chi connectivity index (χ3n) is 5.37. The van der Waals surface area contributed by atoms with E-state index in [0.717, 1.165) is 26.1 Å². The van der Waals surface area contributed by atoms with Crippen LogP contribution in [0.3, 0.4) is 0 Å². The normalized spacial score (nSPS) is 23.2. The van der Waals surface area contributed by atoms with Crippen LogP contribution in [0.25, 0.3) is 0 Å². The van der Waals surface area contributed by atoms with Crippen LogP contribution in [0, 0.1) is 0 Å². The van der Waals surface area contributed by atoms with Gasteiger partial charge in [0.25, 0.3) is 10.2 Å². The van der Waals surface area contributed by atoms with Crippen molar-refractivity contribution >= 4 is 16.1 Å². The third kappa shape index (κ3) is 4.71. The number of amides is 1. The maximum absolute atomic E-state index is 12.8. The van der Waals surface area contributed by atoms with Crippen molar-refractivity contribution in [2.45, 2.75) is 26.3 Å². The predicted octanol–water partition coefficient (Wildman–Crippen LogP) is -0.647. The fraction of sp³-hybridized carbons (Fsp3) is 0.938. The van der Waals surface area contributed by atoms with Gasteiger partial charge < -0.3 is 9.80 Å². The molecule has 0 aromatic carbocycles. The van der Waals surface area contributed by atoms with Crippen molar-refractivity contribution in [3.05, 3.63) is 0 Å². The molecule has 2 heterocycles. The molecule has 9 heteroatoms. The first-order valence-corrected chi connectivity index (χ1v) is 10.6. The van der Waals surface area contributed by atoms with E-state index in [-0.39, 0.29) is 11.9 Å². The first-order chi connectivity index (χ1) is 11.8. The van der Waals surface area contributed by atoms with E-state index in [1.54, 1.807) is 4.31 Å². The Kier molecular flexibility index (Phi) is 7.21. The minimum Gasteiger partial charge on any atom is -0.339 e. The summed E-state index contributed by atoms with van der Waals surface area (Å²) in [5.41, 5.74) is 0. The van der Waals surface area contributed by atoms with Crippen LogP contribution in [0.4, 0.5) is 0 Å². The zero-order chi connectivity index (χ0) is 18.6. The molecule has 0 N–H and O–H groups in total. The second kappa shape index (κ2) is 8.77. The molecule has 2 aliphatic rings. The second-order valence-corrected chi connectivity index (χ2v) is 8.86. The molecule has 0 aliphatic carbocycles. The van der Waals surface area contributed by atoms with E-state index in [4.69, 9.17) is 0 Å². The van der Waals surface area contributed by atoms with Crippen LogP contribution in [-0.2, 0) is 15.0 Å². The SMILES string of the molecule is CCC(C(=O)N1CCN(S(=O)(=O)N2CCN(C)CC2)CC1)N(C)CC. The van der Waals surface area contributed by atoms with E-state index < -0.39 is 10.2 Å². The predicted molar refractivity (Wildman–Crippen MR) is 98.5 cm³/mol. The lowest BCUT2D eigenvalue weighted by Gasteiger charge is -2.40. The quantitative estimate of drug-likeness (QED) is 0.617. The molecule has 25 heavy (non-hydrogen) atoms. The smallest absolute Gasteiger partial charge is 0.282 e. The van der Waals surface area contributed by atoms with Crippen molar-refractivity contribution in [2.75, 3.05) is 73.0 Å². The van der Waals surface area contributed by atoms with Crippen LogP contribution in [0.5, 0.6) is 0 Å². The first kappa shape index (κ1) is 20.6. The molecular weight excluding hydrogens is 342 g/mol. The van der Waals surface area contributed by atoms with E-state index in [2.05, 4.69) is 9.80 Å². The molecule has 0 aromatic heterocycles. The van der Waals surface area contributed by atoms with Gasteiger partial charge in [0, 0.05) is 52.4 Å². The van der Waals surface area contributed by atoms with Crippen molar-refractivity contribution < 1.29 is 13.2 Å². The van der Waals surface area contributed by atoms with Gasteiger partial charge in [-0.25, -0.2) is 0 Å². The molecule has 1 atom stereocenters. The van der Waals surface area contributed by atoms with Gasteiger partial charge in [-0.3, -0.25) is 9.69 Å². The van der Waals surface area contributed by atoms with Gasteiger partial charge >= 0.3 is 0 Å². The number of likely N-dealkylation sites (N-methyl/N-ethyl adjacent to an activating group) is 2. The van der Waals surface area contributed by atoms with Crippen molar-refractivity contribution in [2.24, 2.45) is 0 Å². The highest BCUT2D eigenvalue weighted by molar-refractivity contribution is 7.86. The van der Waals surface area contributed by atoms with Crippen LogP contribution in [-0.4, -0.2) is 117 Å². The topological polar surface area (TPSA) is 67.4 Å². The Morgan fingerprint density at radius 3 is 1.88 bits per heavy atom. The Hall–Kier alpha value is -0.740. The molecule has 0 spiro atoms. The summed E-state index contributed by atoms with van der Waals surface area (Å²) in [5.74, 6) is 0.114. The molecule has 1 unspecified atom stereocenters. The Balaban J connectivity index is 1.93. The first-order valence-electron chi connectivity index (χ1n) is 9.24. The van der Waals surface area contributed by atoms with Gasteiger partial charge in [-0.15, -0.1) is 0 Å². The van der Waals surface area contributed by atoms with Gasteiger partial charge in [0.05, 0.1) is 6.04 Å². The zero-order valence-corrected chi connectivity index (χ0v) is 16.8. The summed E-state index contributed by atoms with van der Waals surface area (Å²) in [6.45, 7) is 9.19. The second-order valence-electron chi connectivity index (χ2n) is 6.93. The summed E-state index contributed by atoms with van der Waals surface area (Å²) >= 11 is 0. The number of nitrogens with zero attached hydrogens (tertiary/aromatic N) is 5. The van der Waals surface area contributed by atoms with Gasteiger partial charge in [0.15, 0.2) is 0 Å². The van der Waals surface area contributed by atoms with Gasteiger partial charge in [0.1, 0.15) is 0 Å². The maximum Gasteiger partial charge on any atom is 0.282 e. The number of piperazine rings is 2. The molecular formula is C16H33N5O3S. The third-order valence-corrected chi connectivity index (χ3v) is 7.40. The highest BCUT2D eigenvalue weighted by Crippen LogP contribution is 2.16. The highest BCUT2D eigenvalue weighted by atomic mass is 32.2. The number of hydrogen-bond donors (Lipinski definition) is 0. The molecule has 0 aromatic rings. The van der Waals surface area contributed by atoms with Crippen molar-refractivity contribution in [3.63, 3.8) is 0 Å². The highest BCUT2D eigenvalue weighted by Gasteiger charge is 2.36. The minimum absolute atomic E-state index is 0.114. The summed E-state index contributed by atoms with van der Waals surface area (Å²) in [5, 5.41) is 0. The van der Waals surface area contributed by atoms with Gasteiger partial charge in [-0.1, -0.05) is 13.8 Å². The van der Waals surface area contributed by atoms with Crippen molar-refractivity contribution in [1.29, 1.82) is 0 Å². The Bertz CT molecular complexity index is 540. The molecule has 2 fully saturated rings. The molecule has 0 bridgehead atoms. The molecule has 2 aliphatic heterocycles. The minimum atomic E-state index is -3.41. The summed E-state index contributed by atoms with van der Waals surface area (Å²) in [6, 6.07) is -0.120. The summed E-state index contributed by atoms with van der Waals surface area (Å²) in [6.07, 6.45) is 0.767. The number of rotatable bonds is 6. The van der Waals surface area contributed by atoms with Gasteiger partial charge in [-0.2, -0.15) is 17.0 Å². The summed E-state index contributed by atoms with van der Waals surface area (Å²) in [7, 11) is 0.551. The average Bonchev–Trinajstić information content (AvgIpc) is 2.62. The molecule has 1 amide bonds. The monoisotopic (exact) mass is 375 g/mol. The van der Waals surface area contributed by atoms with E-state index in [1.165, 1.54) is 4.31 Å². The van der Waals surface area contributed by atoms with E-state index in [0.29, 0.717) is 39.3 Å². The summed E-state index contributed by atoms with van der Waals surface area (Å²) < 4.78 is 28.7. The molecule has 0 saturated carbocycles. The number of hydrogen-bond acceptors (Lipinski definition) is 5. The average molecular weight is 376 g/mol. The molecule has 146 valence electrons. The molecule has 0 radical (unpaired) electrons. The fourth-order valence-corrected chi connectivity index (χ4v) is 5.00. The maximum atomic E-state index is 12.8. The van der Waals surface area contributed by atoms with Crippen molar-refractivity contribution in [3.8, 4) is 0 Å².